The summed E-state index contributed by atoms with van der Waals surface area (Å²) in [5, 5.41) is 24.5. The van der Waals surface area contributed by atoms with Crippen molar-refractivity contribution < 1.29 is 22.6 Å². The number of rotatable bonds is 6. The molecular formula is C12H12BrFN4O4S. The molecule has 124 valence electrons. The molecule has 23 heavy (non-hydrogen) atoms. The molecule has 0 aliphatic heterocycles. The Kier molecular flexibility index (Phi) is 5.44. The van der Waals surface area contributed by atoms with E-state index in [4.69, 9.17) is 5.14 Å². The lowest BCUT2D eigenvalue weighted by molar-refractivity contribution is 0.301. The predicted molar refractivity (Wildman–Crippen MR) is 82.1 cm³/mol. The van der Waals surface area contributed by atoms with Crippen LogP contribution in [0.4, 0.5) is 4.39 Å². The number of hydrogen-bond acceptors (Lipinski definition) is 7. The first kappa shape index (κ1) is 17.5. The molecule has 11 heteroatoms. The zero-order chi connectivity index (χ0) is 17.0. The monoisotopic (exact) mass is 406 g/mol. The third kappa shape index (κ3) is 4.81. The Morgan fingerprint density at radius 3 is 2.78 bits per heavy atom. The minimum atomic E-state index is -3.68. The van der Waals surface area contributed by atoms with Crippen molar-refractivity contribution in [2.24, 2.45) is 10.3 Å². The van der Waals surface area contributed by atoms with Crippen LogP contribution in [0.25, 0.3) is 0 Å². The van der Waals surface area contributed by atoms with E-state index < -0.39 is 15.8 Å². The van der Waals surface area contributed by atoms with Gasteiger partial charge in [0.15, 0.2) is 5.69 Å². The average Bonchev–Trinajstić information content (AvgIpc) is 2.94. The van der Waals surface area contributed by atoms with E-state index in [-0.39, 0.29) is 40.2 Å². The molecule has 2 aromatic rings. The highest BCUT2D eigenvalue weighted by molar-refractivity contribution is 9.10. The molecule has 8 nitrogen and oxygen atoms in total. The van der Waals surface area contributed by atoms with Crippen LogP contribution in [0.15, 0.2) is 32.5 Å². The minimum Gasteiger partial charge on any atom is -0.411 e. The van der Waals surface area contributed by atoms with Gasteiger partial charge in [-0.2, -0.15) is 0 Å². The van der Waals surface area contributed by atoms with Gasteiger partial charge in [0.05, 0.1) is 10.2 Å². The first-order valence-electron chi connectivity index (χ1n) is 6.27. The Morgan fingerprint density at radius 2 is 2.17 bits per heavy atom. The summed E-state index contributed by atoms with van der Waals surface area (Å²) in [5.41, 5.74) is 1.07. The van der Waals surface area contributed by atoms with Gasteiger partial charge >= 0.3 is 0 Å². The maximum Gasteiger partial charge on any atom is 0.209 e. The van der Waals surface area contributed by atoms with Gasteiger partial charge in [0, 0.05) is 12.8 Å². The van der Waals surface area contributed by atoms with E-state index in [2.05, 4.69) is 36.0 Å². The summed E-state index contributed by atoms with van der Waals surface area (Å²) < 4.78 is 40.1. The normalized spacial score (nSPS) is 12.6. The Hall–Kier alpha value is -1.85. The number of hydrogen-bond donors (Lipinski definition) is 2. The van der Waals surface area contributed by atoms with Gasteiger partial charge in [0.2, 0.25) is 10.0 Å². The zero-order valence-electron chi connectivity index (χ0n) is 11.6. The fraction of sp³-hybridized carbons (Fsp3) is 0.250. The summed E-state index contributed by atoms with van der Waals surface area (Å²) in [6.07, 6.45) is 0.0791. The van der Waals surface area contributed by atoms with Crippen molar-refractivity contribution in [1.29, 1.82) is 0 Å². The number of aryl methyl sites for hydroxylation is 1. The summed E-state index contributed by atoms with van der Waals surface area (Å²) in [6, 6.07) is 4.30. The van der Waals surface area contributed by atoms with Crippen LogP contribution in [0, 0.1) is 5.82 Å². The summed E-state index contributed by atoms with van der Waals surface area (Å²) >= 11 is 3.06. The average molecular weight is 407 g/mol. The fourth-order valence-electron chi connectivity index (χ4n) is 1.84. The van der Waals surface area contributed by atoms with Crippen molar-refractivity contribution in [3.63, 3.8) is 0 Å². The van der Waals surface area contributed by atoms with Gasteiger partial charge in [-0.15, -0.1) is 0 Å². The van der Waals surface area contributed by atoms with Crippen LogP contribution in [0.3, 0.4) is 0 Å². The van der Waals surface area contributed by atoms with Crippen LogP contribution in [-0.2, 0) is 22.9 Å². The zero-order valence-corrected chi connectivity index (χ0v) is 14.0. The molecule has 0 atom stereocenters. The molecule has 0 bridgehead atoms. The molecule has 2 rings (SSSR count). The molecule has 0 fully saturated rings. The number of nitrogens with two attached hydrogens (primary N) is 1. The third-order valence-corrected chi connectivity index (χ3v) is 4.31. The molecule has 1 aromatic carbocycles. The van der Waals surface area contributed by atoms with Crippen molar-refractivity contribution in [2.75, 3.05) is 5.75 Å². The Morgan fingerprint density at radius 1 is 1.43 bits per heavy atom. The number of sulfonamides is 1. The van der Waals surface area contributed by atoms with E-state index in [1.807, 2.05) is 0 Å². The SMILES string of the molecule is NS(=O)(=O)CCc1nonc1/C(Cc1ccc(F)c(Br)c1)=N/O. The smallest absolute Gasteiger partial charge is 0.209 e. The highest BCUT2D eigenvalue weighted by Crippen LogP contribution is 2.19. The molecule has 0 saturated heterocycles. The van der Waals surface area contributed by atoms with E-state index >= 15 is 0 Å². The molecule has 0 spiro atoms. The lowest BCUT2D eigenvalue weighted by atomic mass is 10.0. The van der Waals surface area contributed by atoms with Crippen molar-refractivity contribution in [3.05, 3.63) is 45.4 Å². The highest BCUT2D eigenvalue weighted by Gasteiger charge is 2.19. The standard InChI is InChI=1S/C12H12BrFN4O4S/c13-8-5-7(1-2-9(8)14)6-11(16-19)12-10(17-22-18-12)3-4-23(15,20)21/h1-2,5,19H,3-4,6H2,(H2,15,20,21)/b16-11+. The van der Waals surface area contributed by atoms with Gasteiger partial charge in [-0.05, 0) is 38.8 Å². The number of primary sulfonamides is 1. The van der Waals surface area contributed by atoms with Crippen LogP contribution < -0.4 is 5.14 Å². The number of oxime groups is 1. The molecule has 0 aliphatic carbocycles. The molecule has 1 aromatic heterocycles. The van der Waals surface area contributed by atoms with Gasteiger partial charge in [-0.25, -0.2) is 22.6 Å². The number of halogens is 2. The first-order valence-corrected chi connectivity index (χ1v) is 8.78. The molecule has 1 heterocycles. The third-order valence-electron chi connectivity index (χ3n) is 2.93. The van der Waals surface area contributed by atoms with Gasteiger partial charge < -0.3 is 5.21 Å². The summed E-state index contributed by atoms with van der Waals surface area (Å²) in [6.45, 7) is 0. The fourth-order valence-corrected chi connectivity index (χ4v) is 2.74. The van der Waals surface area contributed by atoms with Gasteiger partial charge in [0.1, 0.15) is 17.2 Å². The first-order chi connectivity index (χ1) is 10.8. The summed E-state index contributed by atoms with van der Waals surface area (Å²) in [4.78, 5) is 0. The molecule has 0 unspecified atom stereocenters. The maximum absolute atomic E-state index is 13.2. The second-order valence-electron chi connectivity index (χ2n) is 4.65. The van der Waals surface area contributed by atoms with E-state index in [0.29, 0.717) is 5.56 Å². The van der Waals surface area contributed by atoms with Gasteiger partial charge in [-0.1, -0.05) is 16.4 Å². The van der Waals surface area contributed by atoms with Crippen LogP contribution in [-0.4, -0.2) is 35.4 Å². The molecule has 0 saturated carbocycles. The van der Waals surface area contributed by atoms with E-state index in [1.54, 1.807) is 0 Å². The molecule has 3 N–H and O–H groups in total. The highest BCUT2D eigenvalue weighted by atomic mass is 79.9. The Balaban J connectivity index is 2.22. The largest absolute Gasteiger partial charge is 0.411 e. The van der Waals surface area contributed by atoms with Crippen LogP contribution in [0.2, 0.25) is 0 Å². The molecule has 0 radical (unpaired) electrons. The Bertz CT molecular complexity index is 837. The number of aromatic nitrogens is 2. The summed E-state index contributed by atoms with van der Waals surface area (Å²) in [5.74, 6) is -0.775. The second kappa shape index (κ2) is 7.15. The van der Waals surface area contributed by atoms with Crippen molar-refractivity contribution in [1.82, 2.24) is 10.3 Å². The van der Waals surface area contributed by atoms with Crippen molar-refractivity contribution >= 4 is 31.7 Å². The van der Waals surface area contributed by atoms with Crippen LogP contribution in [0.5, 0.6) is 0 Å². The van der Waals surface area contributed by atoms with E-state index in [9.17, 15) is 18.0 Å². The Labute approximate surface area is 139 Å². The molecule has 0 amide bonds. The van der Waals surface area contributed by atoms with Crippen molar-refractivity contribution in [3.8, 4) is 0 Å². The topological polar surface area (TPSA) is 132 Å². The molecular weight excluding hydrogens is 395 g/mol. The quantitative estimate of drug-likeness (QED) is 0.421. The van der Waals surface area contributed by atoms with Crippen LogP contribution in [0.1, 0.15) is 17.0 Å². The summed E-state index contributed by atoms with van der Waals surface area (Å²) in [7, 11) is -3.68. The van der Waals surface area contributed by atoms with Crippen molar-refractivity contribution in [2.45, 2.75) is 12.8 Å². The van der Waals surface area contributed by atoms with Gasteiger partial charge in [0.25, 0.3) is 0 Å². The predicted octanol–water partition coefficient (Wildman–Crippen LogP) is 1.22. The number of benzene rings is 1. The molecule has 0 aliphatic rings. The maximum atomic E-state index is 13.2. The second-order valence-corrected chi connectivity index (χ2v) is 7.24. The van der Waals surface area contributed by atoms with Gasteiger partial charge in [-0.3, -0.25) is 0 Å². The lowest BCUT2D eigenvalue weighted by Crippen LogP contribution is -2.19. The van der Waals surface area contributed by atoms with E-state index in [1.165, 1.54) is 18.2 Å². The number of nitrogens with zero attached hydrogens (tertiary/aromatic N) is 3. The minimum absolute atomic E-state index is 0.0379. The van der Waals surface area contributed by atoms with Crippen LogP contribution >= 0.6 is 15.9 Å². The van der Waals surface area contributed by atoms with E-state index in [0.717, 1.165) is 0 Å². The lowest BCUT2D eigenvalue weighted by Gasteiger charge is -2.04.